The molecular weight excluding hydrogens is 436 g/mol. The Kier molecular flexibility index (Phi) is 4.71. The molecule has 2 aromatic heterocycles. The van der Waals surface area contributed by atoms with Gasteiger partial charge >= 0.3 is 5.69 Å². The van der Waals surface area contributed by atoms with E-state index in [9.17, 15) is 14.4 Å². The molecule has 7 nitrogen and oxygen atoms in total. The van der Waals surface area contributed by atoms with E-state index in [0.717, 1.165) is 14.6 Å². The van der Waals surface area contributed by atoms with Crippen LogP contribution in [0.4, 0.5) is 5.69 Å². The molecule has 4 aromatic rings. The summed E-state index contributed by atoms with van der Waals surface area (Å²) in [7, 11) is 1.66. The van der Waals surface area contributed by atoms with Crippen molar-refractivity contribution in [1.29, 1.82) is 0 Å². The number of aromatic nitrogens is 3. The first-order valence-electron chi connectivity index (χ1n) is 8.83. The molecule has 0 bridgehead atoms. The number of aryl methyl sites for hydroxylation is 2. The van der Waals surface area contributed by atoms with Crippen LogP contribution in [0.2, 0.25) is 0 Å². The van der Waals surface area contributed by atoms with Gasteiger partial charge in [0.15, 0.2) is 0 Å². The second-order valence-electron chi connectivity index (χ2n) is 6.74. The molecule has 4 rings (SSSR count). The summed E-state index contributed by atoms with van der Waals surface area (Å²) in [6.07, 6.45) is 1.54. The Labute approximate surface area is 173 Å². The summed E-state index contributed by atoms with van der Waals surface area (Å²) < 4.78 is 3.51. The summed E-state index contributed by atoms with van der Waals surface area (Å²) in [5.41, 5.74) is 1.66. The minimum Gasteiger partial charge on any atom is -0.344 e. The van der Waals surface area contributed by atoms with Crippen molar-refractivity contribution in [2.75, 3.05) is 5.32 Å². The first-order valence-corrected chi connectivity index (χ1v) is 9.63. The summed E-state index contributed by atoms with van der Waals surface area (Å²) in [6.45, 7) is 1.92. The molecule has 2 N–H and O–H groups in total. The maximum absolute atomic E-state index is 13.1. The van der Waals surface area contributed by atoms with Crippen LogP contribution in [-0.4, -0.2) is 20.0 Å². The number of fused-ring (bicyclic) bond motifs is 1. The zero-order valence-electron chi connectivity index (χ0n) is 15.7. The third-order valence-electron chi connectivity index (χ3n) is 4.66. The molecule has 2 aromatic carbocycles. The highest BCUT2D eigenvalue weighted by molar-refractivity contribution is 9.10. The van der Waals surface area contributed by atoms with Crippen LogP contribution in [0.3, 0.4) is 0 Å². The van der Waals surface area contributed by atoms with E-state index in [1.165, 1.54) is 6.20 Å². The van der Waals surface area contributed by atoms with Crippen molar-refractivity contribution in [1.82, 2.24) is 14.1 Å². The summed E-state index contributed by atoms with van der Waals surface area (Å²) in [6, 6.07) is 14.2. The average molecular weight is 453 g/mol. The van der Waals surface area contributed by atoms with E-state index in [4.69, 9.17) is 0 Å². The summed E-state index contributed by atoms with van der Waals surface area (Å²) in [5, 5.41) is 2.78. The van der Waals surface area contributed by atoms with Gasteiger partial charge in [-0.1, -0.05) is 33.6 Å². The van der Waals surface area contributed by atoms with Gasteiger partial charge in [0.25, 0.3) is 11.5 Å². The molecule has 0 aliphatic carbocycles. The Balaban J connectivity index is 1.83. The van der Waals surface area contributed by atoms with Crippen LogP contribution in [-0.2, 0) is 7.05 Å². The first kappa shape index (κ1) is 18.9. The number of carbonyl (C=O) groups is 1. The molecule has 2 heterocycles. The number of carbonyl (C=O) groups excluding carboxylic acids is 1. The lowest BCUT2D eigenvalue weighted by Crippen LogP contribution is -2.34. The minimum atomic E-state index is -0.602. The molecular formula is C21H17BrN4O3. The lowest BCUT2D eigenvalue weighted by molar-refractivity contribution is 0.102. The van der Waals surface area contributed by atoms with E-state index >= 15 is 0 Å². The average Bonchev–Trinajstić information content (AvgIpc) is 3.01. The number of anilines is 1. The van der Waals surface area contributed by atoms with Gasteiger partial charge in [-0.2, -0.15) is 0 Å². The van der Waals surface area contributed by atoms with E-state index in [-0.39, 0.29) is 16.6 Å². The van der Waals surface area contributed by atoms with Gasteiger partial charge in [-0.3, -0.25) is 9.59 Å². The molecule has 0 aliphatic heterocycles. The predicted molar refractivity (Wildman–Crippen MR) is 116 cm³/mol. The van der Waals surface area contributed by atoms with Crippen LogP contribution in [0.5, 0.6) is 0 Å². The highest BCUT2D eigenvalue weighted by atomic mass is 79.9. The number of benzene rings is 2. The number of hydrogen-bond donors (Lipinski definition) is 2. The topological polar surface area (TPSA) is 88.9 Å². The molecule has 0 unspecified atom stereocenters. The molecule has 8 heteroatoms. The van der Waals surface area contributed by atoms with Gasteiger partial charge in [-0.05, 0) is 43.3 Å². The summed E-state index contributed by atoms with van der Waals surface area (Å²) >= 11 is 3.35. The standard InChI is InChI=1S/C21H17BrN4O3/c1-12-3-9-15(10-4-12)26-20(28)18-17(24-21(26)29)16(11-25(18)2)19(27)23-14-7-5-13(22)6-8-14/h3-11H,1-2H3,(H,23,27)(H,24,29). The van der Waals surface area contributed by atoms with E-state index in [1.54, 1.807) is 48.0 Å². The molecule has 0 aliphatic rings. The van der Waals surface area contributed by atoms with E-state index in [1.807, 2.05) is 19.1 Å². The normalized spacial score (nSPS) is 11.0. The van der Waals surface area contributed by atoms with Gasteiger partial charge in [-0.15, -0.1) is 0 Å². The second-order valence-corrected chi connectivity index (χ2v) is 7.66. The van der Waals surface area contributed by atoms with Gasteiger partial charge in [0.2, 0.25) is 0 Å². The zero-order valence-corrected chi connectivity index (χ0v) is 17.3. The minimum absolute atomic E-state index is 0.209. The number of nitrogens with one attached hydrogen (secondary N) is 2. The van der Waals surface area contributed by atoms with Crippen LogP contribution in [0.15, 0.2) is 68.8 Å². The monoisotopic (exact) mass is 452 g/mol. The summed E-state index contributed by atoms with van der Waals surface area (Å²) in [5.74, 6) is -0.416. The first-order chi connectivity index (χ1) is 13.8. The largest absolute Gasteiger partial charge is 0.344 e. The Hall–Kier alpha value is -3.39. The van der Waals surface area contributed by atoms with Crippen molar-refractivity contribution < 1.29 is 4.79 Å². The van der Waals surface area contributed by atoms with Crippen LogP contribution < -0.4 is 16.6 Å². The lowest BCUT2D eigenvalue weighted by atomic mass is 10.2. The lowest BCUT2D eigenvalue weighted by Gasteiger charge is -2.07. The number of aromatic amines is 1. The maximum Gasteiger partial charge on any atom is 0.333 e. The number of hydrogen-bond acceptors (Lipinski definition) is 3. The molecule has 146 valence electrons. The predicted octanol–water partition coefficient (Wildman–Crippen LogP) is 3.34. The van der Waals surface area contributed by atoms with Crippen molar-refractivity contribution >= 4 is 38.6 Å². The highest BCUT2D eigenvalue weighted by Crippen LogP contribution is 2.19. The van der Waals surface area contributed by atoms with Gasteiger partial charge < -0.3 is 14.9 Å². The second kappa shape index (κ2) is 7.21. The van der Waals surface area contributed by atoms with E-state index in [2.05, 4.69) is 26.2 Å². The fourth-order valence-corrected chi connectivity index (χ4v) is 3.47. The van der Waals surface area contributed by atoms with Crippen molar-refractivity contribution in [2.45, 2.75) is 6.92 Å². The third-order valence-corrected chi connectivity index (χ3v) is 5.19. The molecule has 0 saturated carbocycles. The van der Waals surface area contributed by atoms with Crippen LogP contribution in [0.25, 0.3) is 16.7 Å². The maximum atomic E-state index is 13.1. The van der Waals surface area contributed by atoms with Gasteiger partial charge in [0.1, 0.15) is 5.52 Å². The van der Waals surface area contributed by atoms with E-state index in [0.29, 0.717) is 11.4 Å². The Bertz CT molecular complexity index is 1350. The number of H-pyrrole nitrogens is 1. The van der Waals surface area contributed by atoms with Crippen molar-refractivity contribution in [3.8, 4) is 5.69 Å². The molecule has 0 spiro atoms. The van der Waals surface area contributed by atoms with Crippen molar-refractivity contribution in [2.24, 2.45) is 7.05 Å². The molecule has 0 fully saturated rings. The Morgan fingerprint density at radius 3 is 2.34 bits per heavy atom. The van der Waals surface area contributed by atoms with Gasteiger partial charge in [-0.25, -0.2) is 9.36 Å². The number of rotatable bonds is 3. The molecule has 1 amide bonds. The van der Waals surface area contributed by atoms with Crippen LogP contribution in [0, 0.1) is 6.92 Å². The number of amides is 1. The fourth-order valence-electron chi connectivity index (χ4n) is 3.20. The number of halogens is 1. The molecule has 0 radical (unpaired) electrons. The van der Waals surface area contributed by atoms with E-state index < -0.39 is 17.2 Å². The quantitative estimate of drug-likeness (QED) is 0.499. The van der Waals surface area contributed by atoms with Crippen LogP contribution in [0.1, 0.15) is 15.9 Å². The van der Waals surface area contributed by atoms with Crippen molar-refractivity contribution in [3.05, 3.63) is 91.2 Å². The molecule has 0 saturated heterocycles. The third kappa shape index (κ3) is 3.42. The fraction of sp³-hybridized carbons (Fsp3) is 0.0952. The number of nitrogens with zero attached hydrogens (tertiary/aromatic N) is 2. The Morgan fingerprint density at radius 2 is 1.69 bits per heavy atom. The SMILES string of the molecule is Cc1ccc(-n2c(=O)[nH]c3c(C(=O)Nc4ccc(Br)cc4)cn(C)c3c2=O)cc1. The molecule has 0 atom stereocenters. The smallest absolute Gasteiger partial charge is 0.333 e. The highest BCUT2D eigenvalue weighted by Gasteiger charge is 2.20. The van der Waals surface area contributed by atoms with Crippen LogP contribution >= 0.6 is 15.9 Å². The summed E-state index contributed by atoms with van der Waals surface area (Å²) in [4.78, 5) is 41.2. The molecule has 29 heavy (non-hydrogen) atoms. The van der Waals surface area contributed by atoms with Gasteiger partial charge in [0, 0.05) is 23.4 Å². The Morgan fingerprint density at radius 1 is 1.03 bits per heavy atom. The van der Waals surface area contributed by atoms with Crippen molar-refractivity contribution in [3.63, 3.8) is 0 Å². The van der Waals surface area contributed by atoms with Gasteiger partial charge in [0.05, 0.1) is 16.8 Å². The zero-order chi connectivity index (χ0) is 20.7.